The number of aryl methyl sites for hydroxylation is 1. The molecule has 1 saturated heterocycles. The van der Waals surface area contributed by atoms with E-state index in [0.717, 1.165) is 38.3 Å². The molecule has 1 aliphatic rings. The van der Waals surface area contributed by atoms with Gasteiger partial charge in [0.25, 0.3) is 0 Å². The van der Waals surface area contributed by atoms with Crippen LogP contribution in [0.25, 0.3) is 0 Å². The van der Waals surface area contributed by atoms with Crippen LogP contribution in [0.1, 0.15) is 12.5 Å². The Morgan fingerprint density at radius 3 is 3.00 bits per heavy atom. The van der Waals surface area contributed by atoms with Crippen LogP contribution in [-0.2, 0) is 6.42 Å². The number of methoxy groups -OCH3 is 1. The summed E-state index contributed by atoms with van der Waals surface area (Å²) >= 11 is 0. The van der Waals surface area contributed by atoms with E-state index >= 15 is 0 Å². The zero-order chi connectivity index (χ0) is 13.7. The summed E-state index contributed by atoms with van der Waals surface area (Å²) in [5.74, 6) is 0.976. The van der Waals surface area contributed by atoms with Crippen LogP contribution in [0.4, 0.5) is 5.69 Å². The molecule has 2 N–H and O–H groups in total. The number of nitrogens with zero attached hydrogens (tertiary/aromatic N) is 1. The van der Waals surface area contributed by atoms with Crippen molar-refractivity contribution in [3.63, 3.8) is 0 Å². The average Bonchev–Trinajstić information content (AvgIpc) is 2.46. The van der Waals surface area contributed by atoms with E-state index in [9.17, 15) is 0 Å². The normalized spacial score (nSPS) is 20.3. The SMILES string of the molecule is CCc1cc(NCC2CNCCN2C)ccc1OC. The second-order valence-corrected chi connectivity index (χ2v) is 5.10. The fraction of sp³-hybridized carbons (Fsp3) is 0.600. The van der Waals surface area contributed by atoms with Crippen molar-refractivity contribution in [2.24, 2.45) is 0 Å². The number of hydrogen-bond donors (Lipinski definition) is 2. The molecule has 0 saturated carbocycles. The molecule has 0 aromatic heterocycles. The van der Waals surface area contributed by atoms with Crippen LogP contribution in [0.15, 0.2) is 18.2 Å². The van der Waals surface area contributed by atoms with Gasteiger partial charge in [0.1, 0.15) is 5.75 Å². The fourth-order valence-electron chi connectivity index (χ4n) is 2.49. The van der Waals surface area contributed by atoms with E-state index in [-0.39, 0.29) is 0 Å². The van der Waals surface area contributed by atoms with Gasteiger partial charge in [-0.05, 0) is 37.2 Å². The number of anilines is 1. The minimum absolute atomic E-state index is 0.556. The van der Waals surface area contributed by atoms with Crippen molar-refractivity contribution in [3.05, 3.63) is 23.8 Å². The quantitative estimate of drug-likeness (QED) is 0.845. The lowest BCUT2D eigenvalue weighted by Gasteiger charge is -2.33. The van der Waals surface area contributed by atoms with Crippen LogP contribution in [0.5, 0.6) is 5.75 Å². The highest BCUT2D eigenvalue weighted by Gasteiger charge is 2.17. The molecule has 1 aliphatic heterocycles. The van der Waals surface area contributed by atoms with E-state index < -0.39 is 0 Å². The van der Waals surface area contributed by atoms with Crippen LogP contribution in [-0.4, -0.2) is 51.3 Å². The molecule has 4 heteroatoms. The fourth-order valence-corrected chi connectivity index (χ4v) is 2.49. The van der Waals surface area contributed by atoms with Crippen LogP contribution in [0.3, 0.4) is 0 Å². The van der Waals surface area contributed by atoms with Crippen LogP contribution in [0.2, 0.25) is 0 Å². The molecular formula is C15H25N3O. The lowest BCUT2D eigenvalue weighted by atomic mass is 10.1. The summed E-state index contributed by atoms with van der Waals surface area (Å²) < 4.78 is 5.36. The smallest absolute Gasteiger partial charge is 0.122 e. The molecule has 19 heavy (non-hydrogen) atoms. The van der Waals surface area contributed by atoms with E-state index in [0.29, 0.717) is 6.04 Å². The summed E-state index contributed by atoms with van der Waals surface area (Å²) in [7, 11) is 3.92. The Morgan fingerprint density at radius 1 is 1.47 bits per heavy atom. The minimum Gasteiger partial charge on any atom is -0.496 e. The van der Waals surface area contributed by atoms with Crippen molar-refractivity contribution in [2.45, 2.75) is 19.4 Å². The van der Waals surface area contributed by atoms with Crippen molar-refractivity contribution >= 4 is 5.69 Å². The Balaban J connectivity index is 1.95. The summed E-state index contributed by atoms with van der Waals surface area (Å²) in [5.41, 5.74) is 2.43. The molecule has 1 atom stereocenters. The number of hydrogen-bond acceptors (Lipinski definition) is 4. The molecule has 0 amide bonds. The van der Waals surface area contributed by atoms with Gasteiger partial charge < -0.3 is 15.4 Å². The van der Waals surface area contributed by atoms with Crippen LogP contribution >= 0.6 is 0 Å². The van der Waals surface area contributed by atoms with Gasteiger partial charge in [-0.1, -0.05) is 6.92 Å². The third kappa shape index (κ3) is 3.61. The maximum absolute atomic E-state index is 5.36. The summed E-state index contributed by atoms with van der Waals surface area (Å²) in [6.45, 7) is 6.39. The largest absolute Gasteiger partial charge is 0.496 e. The van der Waals surface area contributed by atoms with Gasteiger partial charge in [0.05, 0.1) is 7.11 Å². The molecule has 1 heterocycles. The lowest BCUT2D eigenvalue weighted by molar-refractivity contribution is 0.209. The van der Waals surface area contributed by atoms with E-state index in [2.05, 4.69) is 41.6 Å². The Labute approximate surface area is 116 Å². The topological polar surface area (TPSA) is 36.5 Å². The van der Waals surface area contributed by atoms with E-state index in [1.54, 1.807) is 7.11 Å². The first kappa shape index (κ1) is 14.2. The van der Waals surface area contributed by atoms with Crippen molar-refractivity contribution < 1.29 is 4.74 Å². The standard InChI is InChI=1S/C15H25N3O/c1-4-12-9-13(5-6-15(12)19-3)17-11-14-10-16-7-8-18(14)2/h5-6,9,14,16-17H,4,7-8,10-11H2,1-3H3. The Hall–Kier alpha value is -1.26. The third-order valence-corrected chi connectivity index (χ3v) is 3.85. The Bertz CT molecular complexity index is 408. The maximum Gasteiger partial charge on any atom is 0.122 e. The molecule has 2 rings (SSSR count). The first-order valence-corrected chi connectivity index (χ1v) is 7.06. The average molecular weight is 263 g/mol. The molecule has 4 nitrogen and oxygen atoms in total. The third-order valence-electron chi connectivity index (χ3n) is 3.85. The zero-order valence-corrected chi connectivity index (χ0v) is 12.2. The Morgan fingerprint density at radius 2 is 2.32 bits per heavy atom. The first-order valence-electron chi connectivity index (χ1n) is 7.06. The molecular weight excluding hydrogens is 238 g/mol. The monoisotopic (exact) mass is 263 g/mol. The summed E-state index contributed by atoms with van der Waals surface area (Å²) in [6.07, 6.45) is 0.990. The van der Waals surface area contributed by atoms with Gasteiger partial charge >= 0.3 is 0 Å². The Kier molecular flexibility index (Phi) is 5.05. The van der Waals surface area contributed by atoms with Gasteiger partial charge in [-0.3, -0.25) is 4.90 Å². The zero-order valence-electron chi connectivity index (χ0n) is 12.2. The molecule has 0 spiro atoms. The van der Waals surface area contributed by atoms with Crippen molar-refractivity contribution in [1.82, 2.24) is 10.2 Å². The van der Waals surface area contributed by atoms with Gasteiger partial charge in [-0.15, -0.1) is 0 Å². The van der Waals surface area contributed by atoms with Gasteiger partial charge in [-0.25, -0.2) is 0 Å². The number of likely N-dealkylation sites (N-methyl/N-ethyl adjacent to an activating group) is 1. The number of rotatable bonds is 5. The second kappa shape index (κ2) is 6.78. The van der Waals surface area contributed by atoms with E-state index in [4.69, 9.17) is 4.74 Å². The highest BCUT2D eigenvalue weighted by molar-refractivity contribution is 5.51. The van der Waals surface area contributed by atoms with Crippen LogP contribution in [0, 0.1) is 0 Å². The van der Waals surface area contributed by atoms with Gasteiger partial charge in [0, 0.05) is 37.9 Å². The minimum atomic E-state index is 0.556. The van der Waals surface area contributed by atoms with Crippen molar-refractivity contribution in [2.75, 3.05) is 45.7 Å². The molecule has 1 unspecified atom stereocenters. The van der Waals surface area contributed by atoms with Crippen LogP contribution < -0.4 is 15.4 Å². The summed E-state index contributed by atoms with van der Waals surface area (Å²) in [4.78, 5) is 2.41. The first-order chi connectivity index (χ1) is 9.24. The number of ether oxygens (including phenoxy) is 1. The molecule has 106 valence electrons. The molecule has 0 radical (unpaired) electrons. The molecule has 0 bridgehead atoms. The summed E-state index contributed by atoms with van der Waals surface area (Å²) in [5, 5.41) is 6.97. The van der Waals surface area contributed by atoms with Gasteiger partial charge in [0.2, 0.25) is 0 Å². The summed E-state index contributed by atoms with van der Waals surface area (Å²) in [6, 6.07) is 6.88. The molecule has 1 fully saturated rings. The highest BCUT2D eigenvalue weighted by atomic mass is 16.5. The van der Waals surface area contributed by atoms with E-state index in [1.165, 1.54) is 11.3 Å². The maximum atomic E-state index is 5.36. The van der Waals surface area contributed by atoms with Crippen molar-refractivity contribution in [3.8, 4) is 5.75 Å². The molecule has 0 aliphatic carbocycles. The molecule has 1 aromatic rings. The highest BCUT2D eigenvalue weighted by Crippen LogP contribution is 2.23. The second-order valence-electron chi connectivity index (χ2n) is 5.10. The predicted octanol–water partition coefficient (Wildman–Crippen LogP) is 1.57. The van der Waals surface area contributed by atoms with Gasteiger partial charge in [0.15, 0.2) is 0 Å². The predicted molar refractivity (Wildman–Crippen MR) is 80.1 cm³/mol. The molecule has 1 aromatic carbocycles. The number of piperazine rings is 1. The number of benzene rings is 1. The van der Waals surface area contributed by atoms with Gasteiger partial charge in [-0.2, -0.15) is 0 Å². The van der Waals surface area contributed by atoms with Crippen molar-refractivity contribution in [1.29, 1.82) is 0 Å². The lowest BCUT2D eigenvalue weighted by Crippen LogP contribution is -2.52. The van der Waals surface area contributed by atoms with E-state index in [1.807, 2.05) is 6.07 Å². The number of nitrogens with one attached hydrogen (secondary N) is 2.